The first kappa shape index (κ1) is 13.5. The summed E-state index contributed by atoms with van der Waals surface area (Å²) >= 11 is 1.67. The van der Waals surface area contributed by atoms with Crippen LogP contribution in [-0.2, 0) is 12.8 Å². The van der Waals surface area contributed by atoms with Crippen LogP contribution in [0.25, 0.3) is 0 Å². The number of hydrogen-bond acceptors (Lipinski definition) is 3. The van der Waals surface area contributed by atoms with Gasteiger partial charge in [-0.15, -0.1) is 0 Å². The SMILES string of the molecule is C1CCC(Cc2nsc(CC3CCCCC3)n2)CC1. The molecule has 0 radical (unpaired) electrons. The van der Waals surface area contributed by atoms with E-state index in [1.165, 1.54) is 75.6 Å². The molecular formula is C16H26N2S. The average molecular weight is 278 g/mol. The molecule has 0 aliphatic heterocycles. The molecule has 2 fully saturated rings. The van der Waals surface area contributed by atoms with Crippen molar-refractivity contribution in [1.29, 1.82) is 0 Å². The van der Waals surface area contributed by atoms with E-state index in [2.05, 4.69) is 4.37 Å². The van der Waals surface area contributed by atoms with Crippen LogP contribution < -0.4 is 0 Å². The van der Waals surface area contributed by atoms with E-state index in [-0.39, 0.29) is 0 Å². The Kier molecular flexibility index (Phi) is 4.86. The molecule has 0 atom stereocenters. The third-order valence-electron chi connectivity index (χ3n) is 4.89. The summed E-state index contributed by atoms with van der Waals surface area (Å²) in [5, 5.41) is 1.30. The standard InChI is InChI=1S/C16H26N2S/c1-3-7-13(8-4-1)11-15-17-16(19-18-15)12-14-9-5-2-6-10-14/h13-14H,1-12H2. The van der Waals surface area contributed by atoms with E-state index >= 15 is 0 Å². The molecule has 0 bridgehead atoms. The molecule has 1 aromatic heterocycles. The first-order valence-electron chi connectivity index (χ1n) is 8.21. The maximum atomic E-state index is 4.81. The van der Waals surface area contributed by atoms with Gasteiger partial charge in [-0.25, -0.2) is 4.98 Å². The largest absolute Gasteiger partial charge is 0.225 e. The number of hydrogen-bond donors (Lipinski definition) is 0. The molecule has 0 spiro atoms. The topological polar surface area (TPSA) is 25.8 Å². The highest BCUT2D eigenvalue weighted by atomic mass is 32.1. The van der Waals surface area contributed by atoms with Gasteiger partial charge in [0.05, 0.1) is 0 Å². The van der Waals surface area contributed by atoms with Crippen molar-refractivity contribution in [2.45, 2.75) is 77.0 Å². The summed E-state index contributed by atoms with van der Waals surface area (Å²) in [5.41, 5.74) is 0. The second kappa shape index (κ2) is 6.83. The fourth-order valence-electron chi connectivity index (χ4n) is 3.74. The zero-order valence-corrected chi connectivity index (χ0v) is 12.8. The Morgan fingerprint density at radius 3 is 2.00 bits per heavy atom. The Morgan fingerprint density at radius 2 is 1.37 bits per heavy atom. The Bertz CT molecular complexity index is 341. The highest BCUT2D eigenvalue weighted by Gasteiger charge is 2.19. The normalized spacial score (nSPS) is 22.7. The van der Waals surface area contributed by atoms with E-state index < -0.39 is 0 Å². The highest BCUT2D eigenvalue weighted by Crippen LogP contribution is 2.29. The fourth-order valence-corrected chi connectivity index (χ4v) is 4.53. The van der Waals surface area contributed by atoms with E-state index in [9.17, 15) is 0 Å². The fraction of sp³-hybridized carbons (Fsp3) is 0.875. The lowest BCUT2D eigenvalue weighted by Crippen LogP contribution is -2.11. The van der Waals surface area contributed by atoms with Crippen molar-refractivity contribution in [3.8, 4) is 0 Å². The van der Waals surface area contributed by atoms with Gasteiger partial charge < -0.3 is 0 Å². The van der Waals surface area contributed by atoms with E-state index in [0.29, 0.717) is 0 Å². The van der Waals surface area contributed by atoms with Crippen LogP contribution in [0.2, 0.25) is 0 Å². The summed E-state index contributed by atoms with van der Waals surface area (Å²) in [4.78, 5) is 4.81. The van der Waals surface area contributed by atoms with Gasteiger partial charge in [0.1, 0.15) is 10.8 Å². The first-order valence-corrected chi connectivity index (χ1v) is 8.99. The van der Waals surface area contributed by atoms with Crippen LogP contribution in [0.15, 0.2) is 0 Å². The van der Waals surface area contributed by atoms with Crippen molar-refractivity contribution >= 4 is 11.5 Å². The van der Waals surface area contributed by atoms with E-state index in [1.807, 2.05) is 0 Å². The van der Waals surface area contributed by atoms with Crippen molar-refractivity contribution in [3.63, 3.8) is 0 Å². The molecule has 0 N–H and O–H groups in total. The van der Waals surface area contributed by atoms with Gasteiger partial charge in [0.2, 0.25) is 0 Å². The number of nitrogens with zero attached hydrogens (tertiary/aromatic N) is 2. The third-order valence-corrected chi connectivity index (χ3v) is 5.66. The molecule has 2 aliphatic rings. The van der Waals surface area contributed by atoms with Crippen molar-refractivity contribution in [2.24, 2.45) is 11.8 Å². The average Bonchev–Trinajstić information content (AvgIpc) is 2.88. The van der Waals surface area contributed by atoms with E-state index in [4.69, 9.17) is 4.98 Å². The molecule has 0 saturated heterocycles. The van der Waals surface area contributed by atoms with Gasteiger partial charge in [0.25, 0.3) is 0 Å². The van der Waals surface area contributed by atoms with Crippen LogP contribution in [0.1, 0.15) is 75.0 Å². The molecule has 106 valence electrons. The molecule has 0 unspecified atom stereocenters. The van der Waals surface area contributed by atoms with Gasteiger partial charge in [-0.05, 0) is 23.4 Å². The summed E-state index contributed by atoms with van der Waals surface area (Å²) in [6.07, 6.45) is 16.5. The third kappa shape index (κ3) is 4.01. The van der Waals surface area contributed by atoms with Crippen LogP contribution in [0, 0.1) is 11.8 Å². The minimum absolute atomic E-state index is 0.867. The Balaban J connectivity index is 1.50. The summed E-state index contributed by atoms with van der Waals surface area (Å²) in [6.45, 7) is 0. The van der Waals surface area contributed by atoms with Gasteiger partial charge in [-0.3, -0.25) is 0 Å². The van der Waals surface area contributed by atoms with Gasteiger partial charge in [-0.2, -0.15) is 4.37 Å². The molecule has 1 aromatic rings. The van der Waals surface area contributed by atoms with Crippen molar-refractivity contribution in [3.05, 3.63) is 10.8 Å². The summed E-state index contributed by atoms with van der Waals surface area (Å²) in [6, 6.07) is 0. The Hall–Kier alpha value is -0.440. The molecular weight excluding hydrogens is 252 g/mol. The Labute approximate surface area is 121 Å². The molecule has 2 nitrogen and oxygen atoms in total. The minimum Gasteiger partial charge on any atom is -0.225 e. The first-order chi connectivity index (χ1) is 9.40. The van der Waals surface area contributed by atoms with E-state index in [0.717, 1.165) is 24.1 Å². The van der Waals surface area contributed by atoms with Crippen molar-refractivity contribution in [2.75, 3.05) is 0 Å². The number of rotatable bonds is 4. The predicted molar refractivity (Wildman–Crippen MR) is 80.5 cm³/mol. The zero-order valence-electron chi connectivity index (χ0n) is 11.9. The number of aromatic nitrogens is 2. The molecule has 1 heterocycles. The molecule has 2 saturated carbocycles. The van der Waals surface area contributed by atoms with Crippen LogP contribution in [-0.4, -0.2) is 9.36 Å². The molecule has 2 aliphatic carbocycles. The maximum absolute atomic E-state index is 4.81. The van der Waals surface area contributed by atoms with Crippen LogP contribution in [0.5, 0.6) is 0 Å². The van der Waals surface area contributed by atoms with Gasteiger partial charge in [-0.1, -0.05) is 64.2 Å². The summed E-state index contributed by atoms with van der Waals surface area (Å²) in [7, 11) is 0. The quantitative estimate of drug-likeness (QED) is 0.792. The van der Waals surface area contributed by atoms with E-state index in [1.54, 1.807) is 11.5 Å². The highest BCUT2D eigenvalue weighted by molar-refractivity contribution is 7.05. The van der Waals surface area contributed by atoms with Crippen molar-refractivity contribution in [1.82, 2.24) is 9.36 Å². The van der Waals surface area contributed by atoms with Gasteiger partial charge in [0.15, 0.2) is 0 Å². The molecule has 19 heavy (non-hydrogen) atoms. The van der Waals surface area contributed by atoms with Gasteiger partial charge >= 0.3 is 0 Å². The molecule has 0 amide bonds. The predicted octanol–water partition coefficient (Wildman–Crippen LogP) is 4.78. The second-order valence-electron chi connectivity index (χ2n) is 6.52. The van der Waals surface area contributed by atoms with Gasteiger partial charge in [0, 0.05) is 12.8 Å². The van der Waals surface area contributed by atoms with Crippen molar-refractivity contribution < 1.29 is 0 Å². The zero-order chi connectivity index (χ0) is 12.9. The van der Waals surface area contributed by atoms with Crippen LogP contribution in [0.3, 0.4) is 0 Å². The lowest BCUT2D eigenvalue weighted by molar-refractivity contribution is 0.349. The lowest BCUT2D eigenvalue weighted by atomic mass is 9.86. The molecule has 0 aromatic carbocycles. The summed E-state index contributed by atoms with van der Waals surface area (Å²) in [5.74, 6) is 2.90. The van der Waals surface area contributed by atoms with Crippen LogP contribution >= 0.6 is 11.5 Å². The second-order valence-corrected chi connectivity index (χ2v) is 7.36. The summed E-state index contributed by atoms with van der Waals surface area (Å²) < 4.78 is 4.61. The lowest BCUT2D eigenvalue weighted by Gasteiger charge is -2.20. The maximum Gasteiger partial charge on any atom is 0.142 e. The van der Waals surface area contributed by atoms with Crippen LogP contribution in [0.4, 0.5) is 0 Å². The monoisotopic (exact) mass is 278 g/mol. The molecule has 3 heteroatoms. The molecule has 3 rings (SSSR count). The minimum atomic E-state index is 0.867. The Morgan fingerprint density at radius 1 is 0.789 bits per heavy atom. The smallest absolute Gasteiger partial charge is 0.142 e.